The topological polar surface area (TPSA) is 48.9 Å². The number of fused-ring (bicyclic) bond motifs is 1. The Morgan fingerprint density at radius 3 is 3.06 bits per heavy atom. The van der Waals surface area contributed by atoms with E-state index < -0.39 is 0 Å². The predicted molar refractivity (Wildman–Crippen MR) is 70.3 cm³/mol. The van der Waals surface area contributed by atoms with Gasteiger partial charge in [0, 0.05) is 5.25 Å². The zero-order valence-corrected chi connectivity index (χ0v) is 10.6. The maximum atomic E-state index is 9.81. The Morgan fingerprint density at radius 1 is 1.41 bits per heavy atom. The molecule has 4 heteroatoms. The fourth-order valence-corrected chi connectivity index (χ4v) is 3.53. The number of rotatable bonds is 2. The first-order valence-electron chi connectivity index (χ1n) is 6.03. The zero-order valence-electron chi connectivity index (χ0n) is 9.81. The van der Waals surface area contributed by atoms with Crippen molar-refractivity contribution in [1.29, 1.82) is 0 Å². The van der Waals surface area contributed by atoms with E-state index in [-0.39, 0.29) is 6.10 Å². The van der Waals surface area contributed by atoms with Gasteiger partial charge in [-0.05, 0) is 43.9 Å². The van der Waals surface area contributed by atoms with Crippen molar-refractivity contribution in [2.75, 3.05) is 0 Å². The Balaban J connectivity index is 1.85. The van der Waals surface area contributed by atoms with Crippen LogP contribution >= 0.6 is 11.8 Å². The van der Waals surface area contributed by atoms with Crippen molar-refractivity contribution >= 4 is 22.8 Å². The Hall–Kier alpha value is -1.00. The fraction of sp³-hybridized carbons (Fsp3) is 0.462. The molecule has 0 spiro atoms. The first kappa shape index (κ1) is 11.1. The molecule has 1 fully saturated rings. The van der Waals surface area contributed by atoms with E-state index in [1.54, 1.807) is 11.8 Å². The lowest BCUT2D eigenvalue weighted by atomic mass is 10.2. The van der Waals surface area contributed by atoms with Gasteiger partial charge in [-0.1, -0.05) is 17.8 Å². The van der Waals surface area contributed by atoms with E-state index in [0.29, 0.717) is 5.25 Å². The van der Waals surface area contributed by atoms with Gasteiger partial charge in [0.1, 0.15) is 0 Å². The lowest BCUT2D eigenvalue weighted by molar-refractivity contribution is 0.188. The molecule has 0 aliphatic heterocycles. The molecule has 0 bridgehead atoms. The lowest BCUT2D eigenvalue weighted by Crippen LogP contribution is -2.15. The van der Waals surface area contributed by atoms with Gasteiger partial charge in [0.15, 0.2) is 5.16 Å². The third-order valence-corrected chi connectivity index (χ3v) is 4.57. The fourth-order valence-electron chi connectivity index (χ4n) is 2.34. The Kier molecular flexibility index (Phi) is 2.84. The van der Waals surface area contributed by atoms with Crippen molar-refractivity contribution in [2.45, 2.75) is 42.7 Å². The standard InChI is InChI=1S/C13H16N2OS/c1-8-5-6-9-10(7-8)15-13(14-9)17-12-4-2-3-11(12)16/h5-7,11-12,16H,2-4H2,1H3,(H,14,15)/t11-,12-/m1/s1. The molecular weight excluding hydrogens is 232 g/mol. The molecule has 1 heterocycles. The first-order valence-corrected chi connectivity index (χ1v) is 6.91. The quantitative estimate of drug-likeness (QED) is 0.859. The number of aromatic nitrogens is 2. The van der Waals surface area contributed by atoms with E-state index in [1.165, 1.54) is 5.56 Å². The second kappa shape index (κ2) is 4.35. The molecule has 2 aromatic rings. The summed E-state index contributed by atoms with van der Waals surface area (Å²) in [5.74, 6) is 0. The van der Waals surface area contributed by atoms with Crippen LogP contribution in [0.25, 0.3) is 11.0 Å². The number of nitrogens with zero attached hydrogens (tertiary/aromatic N) is 1. The number of aliphatic hydroxyl groups is 1. The number of hydrogen-bond acceptors (Lipinski definition) is 3. The molecule has 17 heavy (non-hydrogen) atoms. The minimum Gasteiger partial charge on any atom is -0.392 e. The van der Waals surface area contributed by atoms with Gasteiger partial charge in [0.2, 0.25) is 0 Å². The number of aryl methyl sites for hydroxylation is 1. The van der Waals surface area contributed by atoms with Crippen LogP contribution in [-0.4, -0.2) is 26.4 Å². The molecule has 2 N–H and O–H groups in total. The van der Waals surface area contributed by atoms with Crippen LogP contribution in [0, 0.1) is 6.92 Å². The van der Waals surface area contributed by atoms with Gasteiger partial charge in [0.25, 0.3) is 0 Å². The van der Waals surface area contributed by atoms with E-state index >= 15 is 0 Å². The molecule has 0 amide bonds. The summed E-state index contributed by atoms with van der Waals surface area (Å²) in [6.07, 6.45) is 2.96. The third kappa shape index (κ3) is 2.19. The van der Waals surface area contributed by atoms with Crippen LogP contribution in [0.1, 0.15) is 24.8 Å². The Bertz CT molecular complexity index is 537. The van der Waals surface area contributed by atoms with Crippen LogP contribution in [-0.2, 0) is 0 Å². The number of aliphatic hydroxyl groups excluding tert-OH is 1. The summed E-state index contributed by atoms with van der Waals surface area (Å²) in [6, 6.07) is 6.22. The maximum Gasteiger partial charge on any atom is 0.166 e. The molecule has 0 radical (unpaired) electrons. The summed E-state index contributed by atoms with van der Waals surface area (Å²) in [6.45, 7) is 2.08. The minimum atomic E-state index is -0.171. The predicted octanol–water partition coefficient (Wildman–Crippen LogP) is 2.88. The summed E-state index contributed by atoms with van der Waals surface area (Å²) in [5.41, 5.74) is 3.32. The van der Waals surface area contributed by atoms with Crippen molar-refractivity contribution in [1.82, 2.24) is 9.97 Å². The second-order valence-corrected chi connectivity index (χ2v) is 5.95. The molecule has 1 aliphatic carbocycles. The summed E-state index contributed by atoms with van der Waals surface area (Å²) in [4.78, 5) is 7.87. The van der Waals surface area contributed by atoms with Gasteiger partial charge in [-0.15, -0.1) is 0 Å². The summed E-state index contributed by atoms with van der Waals surface area (Å²) >= 11 is 1.67. The van der Waals surface area contributed by atoms with E-state index in [4.69, 9.17) is 0 Å². The molecule has 3 rings (SSSR count). The van der Waals surface area contributed by atoms with Gasteiger partial charge in [0.05, 0.1) is 17.1 Å². The molecule has 0 saturated heterocycles. The molecule has 1 aromatic carbocycles. The van der Waals surface area contributed by atoms with Crippen molar-refractivity contribution in [3.63, 3.8) is 0 Å². The average molecular weight is 248 g/mol. The number of imidazole rings is 1. The third-order valence-electron chi connectivity index (χ3n) is 3.30. The Labute approximate surface area is 105 Å². The molecule has 1 saturated carbocycles. The second-order valence-electron chi connectivity index (χ2n) is 4.72. The zero-order chi connectivity index (χ0) is 11.8. The molecule has 0 unspecified atom stereocenters. The number of benzene rings is 1. The highest BCUT2D eigenvalue weighted by Crippen LogP contribution is 2.34. The molecule has 3 nitrogen and oxygen atoms in total. The summed E-state index contributed by atoms with van der Waals surface area (Å²) in [5, 5.41) is 11.0. The smallest absolute Gasteiger partial charge is 0.166 e. The van der Waals surface area contributed by atoms with Crippen molar-refractivity contribution in [2.24, 2.45) is 0 Å². The monoisotopic (exact) mass is 248 g/mol. The number of H-pyrrole nitrogens is 1. The minimum absolute atomic E-state index is 0.171. The van der Waals surface area contributed by atoms with E-state index in [1.807, 2.05) is 6.07 Å². The first-order chi connectivity index (χ1) is 8.22. The van der Waals surface area contributed by atoms with Gasteiger partial charge < -0.3 is 10.1 Å². The molecule has 1 aliphatic rings. The normalized spacial score (nSPS) is 24.6. The largest absolute Gasteiger partial charge is 0.392 e. The Morgan fingerprint density at radius 2 is 2.29 bits per heavy atom. The highest BCUT2D eigenvalue weighted by molar-refractivity contribution is 7.99. The molecule has 1 aromatic heterocycles. The number of hydrogen-bond donors (Lipinski definition) is 2. The van der Waals surface area contributed by atoms with Crippen molar-refractivity contribution < 1.29 is 5.11 Å². The summed E-state index contributed by atoms with van der Waals surface area (Å²) in [7, 11) is 0. The van der Waals surface area contributed by atoms with Crippen LogP contribution in [0.5, 0.6) is 0 Å². The van der Waals surface area contributed by atoms with E-state index in [0.717, 1.165) is 35.5 Å². The van der Waals surface area contributed by atoms with Crippen LogP contribution in [0.15, 0.2) is 23.4 Å². The SMILES string of the molecule is Cc1ccc2nc(S[C@@H]3CCC[C@H]3O)[nH]c2c1. The molecule has 90 valence electrons. The summed E-state index contributed by atoms with van der Waals surface area (Å²) < 4.78 is 0. The average Bonchev–Trinajstić information content (AvgIpc) is 2.85. The number of nitrogens with one attached hydrogen (secondary N) is 1. The number of thioether (sulfide) groups is 1. The number of aromatic amines is 1. The van der Waals surface area contributed by atoms with Gasteiger partial charge in [-0.25, -0.2) is 4.98 Å². The van der Waals surface area contributed by atoms with Gasteiger partial charge >= 0.3 is 0 Å². The highest BCUT2D eigenvalue weighted by Gasteiger charge is 2.27. The maximum absolute atomic E-state index is 9.81. The van der Waals surface area contributed by atoms with E-state index in [9.17, 15) is 5.11 Å². The highest BCUT2D eigenvalue weighted by atomic mass is 32.2. The lowest BCUT2D eigenvalue weighted by Gasteiger charge is -2.11. The molecular formula is C13H16N2OS. The van der Waals surface area contributed by atoms with Crippen LogP contribution < -0.4 is 0 Å². The van der Waals surface area contributed by atoms with Crippen LogP contribution in [0.2, 0.25) is 0 Å². The van der Waals surface area contributed by atoms with Gasteiger partial charge in [-0.3, -0.25) is 0 Å². The van der Waals surface area contributed by atoms with Crippen molar-refractivity contribution in [3.8, 4) is 0 Å². The van der Waals surface area contributed by atoms with E-state index in [2.05, 4.69) is 29.0 Å². The van der Waals surface area contributed by atoms with Crippen LogP contribution in [0.4, 0.5) is 0 Å². The molecule has 2 atom stereocenters. The van der Waals surface area contributed by atoms with Gasteiger partial charge in [-0.2, -0.15) is 0 Å². The van der Waals surface area contributed by atoms with Crippen molar-refractivity contribution in [3.05, 3.63) is 23.8 Å². The van der Waals surface area contributed by atoms with Crippen LogP contribution in [0.3, 0.4) is 0 Å².